The Morgan fingerprint density at radius 3 is 2.81 bits per heavy atom. The second kappa shape index (κ2) is 7.33. The van der Waals surface area contributed by atoms with Crippen LogP contribution < -0.4 is 10.6 Å². The summed E-state index contributed by atoms with van der Waals surface area (Å²) in [6.45, 7) is 1.51. The fraction of sp³-hybridized carbons (Fsp3) is 0.263. The van der Waals surface area contributed by atoms with E-state index in [-0.39, 0.29) is 28.7 Å². The highest BCUT2D eigenvalue weighted by Crippen LogP contribution is 2.28. The van der Waals surface area contributed by atoms with Gasteiger partial charge in [0.05, 0.1) is 7.11 Å². The van der Waals surface area contributed by atoms with Crippen LogP contribution in [0.1, 0.15) is 50.4 Å². The van der Waals surface area contributed by atoms with E-state index in [1.54, 1.807) is 18.2 Å². The molecule has 1 aliphatic heterocycles. The Morgan fingerprint density at radius 1 is 1.33 bits per heavy atom. The highest BCUT2D eigenvalue weighted by Gasteiger charge is 2.26. The number of furan rings is 1. The Balaban J connectivity index is 1.89. The van der Waals surface area contributed by atoms with Gasteiger partial charge in [0.2, 0.25) is 11.8 Å². The molecule has 0 bridgehead atoms. The second-order valence-electron chi connectivity index (χ2n) is 6.07. The number of fused-ring (bicyclic) bond motifs is 1. The number of hydrogen-bond acceptors (Lipinski definition) is 6. The van der Waals surface area contributed by atoms with E-state index in [0.717, 1.165) is 5.56 Å². The van der Waals surface area contributed by atoms with E-state index < -0.39 is 11.9 Å². The van der Waals surface area contributed by atoms with E-state index in [9.17, 15) is 19.6 Å². The zero-order valence-electron chi connectivity index (χ0n) is 14.8. The van der Waals surface area contributed by atoms with Crippen LogP contribution in [-0.4, -0.2) is 24.9 Å². The Morgan fingerprint density at radius 2 is 2.11 bits per heavy atom. The van der Waals surface area contributed by atoms with Gasteiger partial charge in [-0.25, -0.2) is 4.79 Å². The van der Waals surface area contributed by atoms with Crippen molar-refractivity contribution in [2.45, 2.75) is 26.2 Å². The zero-order chi connectivity index (χ0) is 19.6. The lowest BCUT2D eigenvalue weighted by Crippen LogP contribution is -2.14. The Kier molecular flexibility index (Phi) is 4.94. The number of nitriles is 1. The predicted molar refractivity (Wildman–Crippen MR) is 95.5 cm³/mol. The van der Waals surface area contributed by atoms with E-state index >= 15 is 0 Å². The lowest BCUT2D eigenvalue weighted by molar-refractivity contribution is -0.116. The quantitative estimate of drug-likeness (QED) is 0.805. The third-order valence-corrected chi connectivity index (χ3v) is 4.30. The van der Waals surface area contributed by atoms with Crippen LogP contribution in [0.25, 0.3) is 0 Å². The van der Waals surface area contributed by atoms with Gasteiger partial charge >= 0.3 is 5.97 Å². The molecule has 1 aromatic carbocycles. The van der Waals surface area contributed by atoms with Gasteiger partial charge in [-0.1, -0.05) is 0 Å². The number of carbonyl (C=O) groups excluding carboxylic acids is 3. The number of esters is 1. The van der Waals surface area contributed by atoms with Crippen LogP contribution in [0.5, 0.6) is 0 Å². The topological polar surface area (TPSA) is 121 Å². The minimum Gasteiger partial charge on any atom is -0.465 e. The number of benzene rings is 1. The first-order valence-electron chi connectivity index (χ1n) is 8.30. The highest BCUT2D eigenvalue weighted by atomic mass is 16.5. The molecule has 0 radical (unpaired) electrons. The van der Waals surface area contributed by atoms with Gasteiger partial charge < -0.3 is 14.5 Å². The molecule has 1 aromatic heterocycles. The zero-order valence-corrected chi connectivity index (χ0v) is 14.8. The summed E-state index contributed by atoms with van der Waals surface area (Å²) in [5.74, 6) is -1.18. The van der Waals surface area contributed by atoms with Gasteiger partial charge in [0.15, 0.2) is 0 Å². The van der Waals surface area contributed by atoms with Crippen LogP contribution in [-0.2, 0) is 16.0 Å². The van der Waals surface area contributed by atoms with Crippen LogP contribution in [0, 0.1) is 18.3 Å². The maximum absolute atomic E-state index is 12.6. The van der Waals surface area contributed by atoms with Crippen molar-refractivity contribution in [3.8, 4) is 6.07 Å². The molecule has 0 spiro atoms. The maximum Gasteiger partial charge on any atom is 0.342 e. The number of amides is 2. The summed E-state index contributed by atoms with van der Waals surface area (Å²) >= 11 is 0. The first kappa shape index (κ1) is 18.2. The summed E-state index contributed by atoms with van der Waals surface area (Å²) in [7, 11) is 1.20. The van der Waals surface area contributed by atoms with Gasteiger partial charge in [0.25, 0.3) is 5.91 Å². The van der Waals surface area contributed by atoms with Gasteiger partial charge in [-0.05, 0) is 43.5 Å². The third kappa shape index (κ3) is 3.53. The monoisotopic (exact) mass is 367 g/mol. The molecule has 1 aliphatic rings. The lowest BCUT2D eigenvalue weighted by Gasteiger charge is -2.09. The van der Waals surface area contributed by atoms with Crippen molar-refractivity contribution >= 4 is 29.4 Å². The van der Waals surface area contributed by atoms with Gasteiger partial charge in [0.1, 0.15) is 23.0 Å². The molecule has 3 rings (SSSR count). The average Bonchev–Trinajstić information content (AvgIpc) is 2.83. The molecule has 2 N–H and O–H groups in total. The van der Waals surface area contributed by atoms with E-state index in [2.05, 4.69) is 15.4 Å². The summed E-state index contributed by atoms with van der Waals surface area (Å²) < 4.78 is 10.0. The van der Waals surface area contributed by atoms with Crippen LogP contribution in [0.15, 0.2) is 22.6 Å². The normalized spacial score (nSPS) is 13.0. The minimum absolute atomic E-state index is 0.0139. The molecule has 2 heterocycles. The SMILES string of the molecule is COC(=O)c1c(C)oc(NC(=O)c2ccc3c(c2)CCCC(=O)N3)c1C#N. The molecule has 8 nitrogen and oxygen atoms in total. The van der Waals surface area contributed by atoms with E-state index in [0.29, 0.717) is 30.5 Å². The first-order chi connectivity index (χ1) is 12.9. The molecule has 138 valence electrons. The summed E-state index contributed by atoms with van der Waals surface area (Å²) in [6, 6.07) is 6.80. The molecule has 8 heteroatoms. The van der Waals surface area contributed by atoms with E-state index in [1.165, 1.54) is 14.0 Å². The van der Waals surface area contributed by atoms with Crippen LogP contribution >= 0.6 is 0 Å². The molecular formula is C19H17N3O5. The van der Waals surface area contributed by atoms with Crippen LogP contribution in [0.2, 0.25) is 0 Å². The standard InChI is InChI=1S/C19H17N3O5/c1-10-16(19(25)26-2)13(9-20)18(27-10)22-17(24)12-6-7-14-11(8-12)4-3-5-15(23)21-14/h6-8H,3-5H2,1-2H3,(H,21,23)(H,22,24). The Hall–Kier alpha value is -3.60. The molecule has 0 atom stereocenters. The lowest BCUT2D eigenvalue weighted by atomic mass is 10.0. The molecule has 27 heavy (non-hydrogen) atoms. The van der Waals surface area contributed by atoms with E-state index in [1.807, 2.05) is 6.07 Å². The molecule has 0 aliphatic carbocycles. The fourth-order valence-electron chi connectivity index (χ4n) is 2.98. The molecule has 0 saturated carbocycles. The Labute approximate surface area is 155 Å². The van der Waals surface area contributed by atoms with Crippen molar-refractivity contribution in [3.05, 3.63) is 46.2 Å². The number of nitrogens with one attached hydrogen (secondary N) is 2. The summed E-state index contributed by atoms with van der Waals surface area (Å²) in [4.78, 5) is 36.0. The third-order valence-electron chi connectivity index (χ3n) is 4.30. The number of carbonyl (C=O) groups is 3. The smallest absolute Gasteiger partial charge is 0.342 e. The number of rotatable bonds is 3. The number of methoxy groups -OCH3 is 1. The minimum atomic E-state index is -0.714. The number of ether oxygens (including phenoxy) is 1. The van der Waals surface area contributed by atoms with Gasteiger partial charge in [-0.2, -0.15) is 5.26 Å². The van der Waals surface area contributed by atoms with Gasteiger partial charge in [0, 0.05) is 17.7 Å². The molecule has 0 fully saturated rings. The number of aryl methyl sites for hydroxylation is 2. The maximum atomic E-state index is 12.6. The van der Waals surface area contributed by atoms with Gasteiger partial charge in [-0.3, -0.25) is 14.9 Å². The second-order valence-corrected chi connectivity index (χ2v) is 6.07. The average molecular weight is 367 g/mol. The Bertz CT molecular complexity index is 984. The van der Waals surface area contributed by atoms with Gasteiger partial charge in [-0.15, -0.1) is 0 Å². The molecule has 0 unspecified atom stereocenters. The van der Waals surface area contributed by atoms with E-state index in [4.69, 9.17) is 4.42 Å². The molecule has 2 aromatic rings. The molecule has 2 amide bonds. The summed E-state index contributed by atoms with van der Waals surface area (Å²) in [5, 5.41) is 14.7. The fourth-order valence-corrected chi connectivity index (χ4v) is 2.98. The van der Waals surface area contributed by atoms with Crippen LogP contribution in [0.3, 0.4) is 0 Å². The highest BCUT2D eigenvalue weighted by molar-refractivity contribution is 6.06. The van der Waals surface area contributed by atoms with Crippen molar-refractivity contribution in [2.75, 3.05) is 17.7 Å². The van der Waals surface area contributed by atoms with Crippen molar-refractivity contribution in [2.24, 2.45) is 0 Å². The van der Waals surface area contributed by atoms with Crippen molar-refractivity contribution in [1.29, 1.82) is 5.26 Å². The number of nitrogens with zero attached hydrogens (tertiary/aromatic N) is 1. The predicted octanol–water partition coefficient (Wildman–Crippen LogP) is 2.77. The van der Waals surface area contributed by atoms with Crippen molar-refractivity contribution in [1.82, 2.24) is 0 Å². The number of anilines is 2. The largest absolute Gasteiger partial charge is 0.465 e. The summed E-state index contributed by atoms with van der Waals surface area (Å²) in [5.41, 5.74) is 1.80. The molecule has 0 saturated heterocycles. The number of hydrogen-bond donors (Lipinski definition) is 2. The van der Waals surface area contributed by atoms with Crippen molar-refractivity contribution < 1.29 is 23.5 Å². The van der Waals surface area contributed by atoms with Crippen molar-refractivity contribution in [3.63, 3.8) is 0 Å². The van der Waals surface area contributed by atoms with Crippen LogP contribution in [0.4, 0.5) is 11.6 Å². The first-order valence-corrected chi connectivity index (χ1v) is 8.30. The summed E-state index contributed by atoms with van der Waals surface area (Å²) in [6.07, 6.45) is 1.80. The molecular weight excluding hydrogens is 350 g/mol.